The van der Waals surface area contributed by atoms with Gasteiger partial charge in [0.15, 0.2) is 0 Å². The molecule has 0 aromatic carbocycles. The second-order valence-corrected chi connectivity index (χ2v) is 4.89. The standard InChI is InChI=1S/C13H18O4/c1-8-10-4-6-13(17-10,9(2)12(8)15)7-5-11(14)16-3/h4,6,8-10H,5,7H2,1-3H3/t8-,9-,10+,13+/m1/s1. The molecule has 0 unspecified atom stereocenters. The molecule has 0 saturated carbocycles. The molecule has 17 heavy (non-hydrogen) atoms. The lowest BCUT2D eigenvalue weighted by molar-refractivity contribution is -0.162. The van der Waals surface area contributed by atoms with Gasteiger partial charge in [0.25, 0.3) is 0 Å². The Hall–Kier alpha value is -1.16. The number of hydrogen-bond donors (Lipinski definition) is 0. The van der Waals surface area contributed by atoms with Gasteiger partial charge in [-0.05, 0) is 6.42 Å². The summed E-state index contributed by atoms with van der Waals surface area (Å²) in [5.41, 5.74) is -0.595. The summed E-state index contributed by atoms with van der Waals surface area (Å²) < 4.78 is 10.6. The molecular weight excluding hydrogens is 220 g/mol. The van der Waals surface area contributed by atoms with Crippen molar-refractivity contribution in [2.24, 2.45) is 11.8 Å². The van der Waals surface area contributed by atoms with E-state index in [0.717, 1.165) is 0 Å². The Morgan fingerprint density at radius 3 is 2.88 bits per heavy atom. The van der Waals surface area contributed by atoms with Crippen LogP contribution >= 0.6 is 0 Å². The number of hydrogen-bond acceptors (Lipinski definition) is 4. The van der Waals surface area contributed by atoms with Gasteiger partial charge in [0.2, 0.25) is 0 Å². The zero-order valence-electron chi connectivity index (χ0n) is 10.4. The van der Waals surface area contributed by atoms with Gasteiger partial charge < -0.3 is 9.47 Å². The van der Waals surface area contributed by atoms with E-state index in [2.05, 4.69) is 4.74 Å². The van der Waals surface area contributed by atoms with Crippen molar-refractivity contribution in [3.05, 3.63) is 12.2 Å². The van der Waals surface area contributed by atoms with Gasteiger partial charge in [0.05, 0.1) is 18.8 Å². The maximum Gasteiger partial charge on any atom is 0.305 e. The molecule has 0 aliphatic carbocycles. The number of carbonyl (C=O) groups excluding carboxylic acids is 2. The molecule has 2 heterocycles. The minimum Gasteiger partial charge on any atom is -0.469 e. The van der Waals surface area contributed by atoms with Crippen LogP contribution in [0.25, 0.3) is 0 Å². The van der Waals surface area contributed by atoms with Crippen LogP contribution in [-0.4, -0.2) is 30.6 Å². The van der Waals surface area contributed by atoms with Crippen LogP contribution in [0.4, 0.5) is 0 Å². The molecule has 2 bridgehead atoms. The van der Waals surface area contributed by atoms with Crippen molar-refractivity contribution in [1.29, 1.82) is 0 Å². The van der Waals surface area contributed by atoms with Crippen molar-refractivity contribution in [2.75, 3.05) is 7.11 Å². The van der Waals surface area contributed by atoms with Gasteiger partial charge in [-0.2, -0.15) is 0 Å². The summed E-state index contributed by atoms with van der Waals surface area (Å²) in [6.45, 7) is 3.77. The predicted octanol–water partition coefficient (Wildman–Crippen LogP) is 1.49. The van der Waals surface area contributed by atoms with Crippen molar-refractivity contribution < 1.29 is 19.1 Å². The average Bonchev–Trinajstić information content (AvgIpc) is 2.75. The topological polar surface area (TPSA) is 52.6 Å². The quantitative estimate of drug-likeness (QED) is 0.552. The molecule has 2 rings (SSSR count). The van der Waals surface area contributed by atoms with Crippen LogP contribution < -0.4 is 0 Å². The van der Waals surface area contributed by atoms with Crippen LogP contribution in [0, 0.1) is 11.8 Å². The molecule has 94 valence electrons. The second kappa shape index (κ2) is 4.26. The normalized spacial score (nSPS) is 39.5. The molecule has 0 aromatic heterocycles. The molecular formula is C13H18O4. The smallest absolute Gasteiger partial charge is 0.305 e. The number of esters is 1. The molecule has 4 atom stereocenters. The minimum absolute atomic E-state index is 0.0880. The van der Waals surface area contributed by atoms with Crippen LogP contribution in [0.5, 0.6) is 0 Å². The number of fused-ring (bicyclic) bond motifs is 2. The average molecular weight is 238 g/mol. The molecule has 0 N–H and O–H groups in total. The lowest BCUT2D eigenvalue weighted by atomic mass is 9.77. The molecule has 0 amide bonds. The summed E-state index contributed by atoms with van der Waals surface area (Å²) in [7, 11) is 1.37. The van der Waals surface area contributed by atoms with E-state index in [9.17, 15) is 9.59 Å². The largest absolute Gasteiger partial charge is 0.469 e. The van der Waals surface area contributed by atoms with E-state index in [1.165, 1.54) is 7.11 Å². The van der Waals surface area contributed by atoms with Gasteiger partial charge in [-0.1, -0.05) is 26.0 Å². The summed E-state index contributed by atoms with van der Waals surface area (Å²) in [6, 6.07) is 0. The zero-order valence-corrected chi connectivity index (χ0v) is 10.4. The van der Waals surface area contributed by atoms with E-state index < -0.39 is 5.60 Å². The van der Waals surface area contributed by atoms with Crippen LogP contribution in [0.2, 0.25) is 0 Å². The third kappa shape index (κ3) is 1.90. The molecule has 2 aliphatic rings. The van der Waals surface area contributed by atoms with Crippen molar-refractivity contribution >= 4 is 11.8 Å². The monoisotopic (exact) mass is 238 g/mol. The van der Waals surface area contributed by atoms with Crippen molar-refractivity contribution in [3.63, 3.8) is 0 Å². The van der Waals surface area contributed by atoms with Crippen LogP contribution in [0.3, 0.4) is 0 Å². The van der Waals surface area contributed by atoms with Crippen molar-refractivity contribution in [1.82, 2.24) is 0 Å². The molecule has 0 aromatic rings. The highest BCUT2D eigenvalue weighted by Gasteiger charge is 2.51. The fourth-order valence-electron chi connectivity index (χ4n) is 2.66. The summed E-state index contributed by atoms with van der Waals surface area (Å²) in [4.78, 5) is 23.3. The number of carbonyl (C=O) groups is 2. The SMILES string of the molecule is COC(=O)CC[C@]12C=C[C@H](O1)[C@@H](C)C(=O)[C@H]2C. The first-order valence-corrected chi connectivity index (χ1v) is 5.98. The maximum atomic E-state index is 12.1. The molecule has 0 radical (unpaired) electrons. The van der Waals surface area contributed by atoms with E-state index >= 15 is 0 Å². The first-order valence-electron chi connectivity index (χ1n) is 5.98. The fourth-order valence-corrected chi connectivity index (χ4v) is 2.66. The number of methoxy groups -OCH3 is 1. The number of Topliss-reactive ketones (excluding diaryl/α,β-unsaturated/α-hetero) is 1. The Morgan fingerprint density at radius 2 is 2.24 bits per heavy atom. The zero-order chi connectivity index (χ0) is 12.6. The van der Waals surface area contributed by atoms with Gasteiger partial charge in [-0.3, -0.25) is 9.59 Å². The Morgan fingerprint density at radius 1 is 1.53 bits per heavy atom. The minimum atomic E-state index is -0.595. The Balaban J connectivity index is 2.12. The number of rotatable bonds is 3. The summed E-state index contributed by atoms with van der Waals surface area (Å²) >= 11 is 0. The van der Waals surface area contributed by atoms with Gasteiger partial charge in [0, 0.05) is 18.3 Å². The van der Waals surface area contributed by atoms with E-state index in [1.807, 2.05) is 26.0 Å². The van der Waals surface area contributed by atoms with E-state index in [0.29, 0.717) is 6.42 Å². The lowest BCUT2D eigenvalue weighted by Gasteiger charge is -2.40. The molecule has 0 spiro atoms. The first-order chi connectivity index (χ1) is 8.00. The van der Waals surface area contributed by atoms with Crippen molar-refractivity contribution in [3.8, 4) is 0 Å². The molecule has 4 heteroatoms. The molecule has 2 aliphatic heterocycles. The van der Waals surface area contributed by atoms with Gasteiger partial charge >= 0.3 is 5.97 Å². The van der Waals surface area contributed by atoms with Crippen LogP contribution in [0.15, 0.2) is 12.2 Å². The maximum absolute atomic E-state index is 12.1. The summed E-state index contributed by atoms with van der Waals surface area (Å²) in [5, 5.41) is 0. The van der Waals surface area contributed by atoms with Crippen molar-refractivity contribution in [2.45, 2.75) is 38.4 Å². The highest BCUT2D eigenvalue weighted by Crippen LogP contribution is 2.43. The number of ketones is 1. The molecule has 1 fully saturated rings. The number of ether oxygens (including phenoxy) is 2. The third-order valence-electron chi connectivity index (χ3n) is 3.97. The van der Waals surface area contributed by atoms with Gasteiger partial charge in [-0.25, -0.2) is 0 Å². The van der Waals surface area contributed by atoms with Crippen LogP contribution in [0.1, 0.15) is 26.7 Å². The Bertz CT molecular complexity index is 374. The highest BCUT2D eigenvalue weighted by molar-refractivity contribution is 5.86. The predicted molar refractivity (Wildman–Crippen MR) is 61.3 cm³/mol. The van der Waals surface area contributed by atoms with Crippen LogP contribution in [-0.2, 0) is 19.1 Å². The lowest BCUT2D eigenvalue weighted by Crippen LogP contribution is -2.50. The van der Waals surface area contributed by atoms with Gasteiger partial charge in [0.1, 0.15) is 5.78 Å². The van der Waals surface area contributed by atoms with E-state index in [1.54, 1.807) is 0 Å². The highest BCUT2D eigenvalue weighted by atomic mass is 16.5. The molecule has 1 saturated heterocycles. The molecule has 4 nitrogen and oxygen atoms in total. The fraction of sp³-hybridized carbons (Fsp3) is 0.692. The third-order valence-corrected chi connectivity index (χ3v) is 3.97. The Kier molecular flexibility index (Phi) is 3.08. The summed E-state index contributed by atoms with van der Waals surface area (Å²) in [6.07, 6.45) is 4.55. The van der Waals surface area contributed by atoms with E-state index in [4.69, 9.17) is 4.74 Å². The summed E-state index contributed by atoms with van der Waals surface area (Å²) in [5.74, 6) is -0.332. The second-order valence-electron chi connectivity index (χ2n) is 4.89. The first kappa shape index (κ1) is 12.3. The van der Waals surface area contributed by atoms with E-state index in [-0.39, 0.29) is 36.1 Å². The Labute approximate surface area is 101 Å². The van der Waals surface area contributed by atoms with Gasteiger partial charge in [-0.15, -0.1) is 0 Å².